The molecule has 72 valence electrons. The minimum Gasteiger partial charge on any atom is -0.314 e. The smallest absolute Gasteiger partial charge is 0.300 e. The highest BCUT2D eigenvalue weighted by Crippen LogP contribution is 2.27. The summed E-state index contributed by atoms with van der Waals surface area (Å²) >= 11 is 3.37. The fourth-order valence-corrected chi connectivity index (χ4v) is 2.00. The van der Waals surface area contributed by atoms with Crippen molar-refractivity contribution in [2.24, 2.45) is 0 Å². The fraction of sp³-hybridized carbons (Fsp3) is 0.182. The first kappa shape index (κ1) is 10.8. The van der Waals surface area contributed by atoms with Crippen molar-refractivity contribution in [1.82, 2.24) is 0 Å². The Hall–Kier alpha value is -1.27. The van der Waals surface area contributed by atoms with E-state index >= 15 is 0 Å². The summed E-state index contributed by atoms with van der Waals surface area (Å²) < 4.78 is 0.846. The van der Waals surface area contributed by atoms with Crippen molar-refractivity contribution in [3.05, 3.63) is 27.7 Å². The molecule has 1 aromatic carbocycles. The number of carbonyl (C=O) groups is 1. The van der Waals surface area contributed by atoms with Crippen LogP contribution in [0.5, 0.6) is 0 Å². The van der Waals surface area contributed by atoms with Crippen LogP contribution in [0.4, 0.5) is 5.69 Å². The molecule has 3 heteroatoms. The van der Waals surface area contributed by atoms with Gasteiger partial charge in [-0.25, -0.2) is 0 Å². The molecule has 0 aromatic heterocycles. The van der Waals surface area contributed by atoms with Gasteiger partial charge < -0.3 is 5.32 Å². The highest BCUT2D eigenvalue weighted by molar-refractivity contribution is 9.10. The molecule has 1 amide bonds. The Bertz CT molecular complexity index is 395. The fourth-order valence-electron chi connectivity index (χ4n) is 1.22. The first-order valence-electron chi connectivity index (χ1n) is 4.09. The van der Waals surface area contributed by atoms with Crippen LogP contribution in [-0.4, -0.2) is 5.91 Å². The predicted molar refractivity (Wildman–Crippen MR) is 61.1 cm³/mol. The number of anilines is 1. The number of hydrogen-bond acceptors (Lipinski definition) is 1. The summed E-state index contributed by atoms with van der Waals surface area (Å²) in [7, 11) is 0. The summed E-state index contributed by atoms with van der Waals surface area (Å²) in [5.41, 5.74) is 2.85. The molecule has 0 bridgehead atoms. The maximum absolute atomic E-state index is 11.0. The SMILES string of the molecule is C#CC(=O)Nc1c(C)cc(C)cc1Br. The first-order chi connectivity index (χ1) is 6.54. The van der Waals surface area contributed by atoms with Gasteiger partial charge in [0.05, 0.1) is 5.69 Å². The number of halogens is 1. The molecule has 0 radical (unpaired) electrons. The average Bonchev–Trinajstić information content (AvgIpc) is 2.10. The normalized spacial score (nSPS) is 9.29. The van der Waals surface area contributed by atoms with Gasteiger partial charge >= 0.3 is 0 Å². The van der Waals surface area contributed by atoms with E-state index in [0.717, 1.165) is 21.3 Å². The number of aryl methyl sites for hydroxylation is 2. The quantitative estimate of drug-likeness (QED) is 0.765. The van der Waals surface area contributed by atoms with E-state index in [2.05, 4.69) is 21.2 Å². The molecule has 1 aromatic rings. The highest BCUT2D eigenvalue weighted by atomic mass is 79.9. The van der Waals surface area contributed by atoms with Crippen molar-refractivity contribution in [3.8, 4) is 12.3 Å². The lowest BCUT2D eigenvalue weighted by atomic mass is 10.1. The molecule has 0 saturated heterocycles. The topological polar surface area (TPSA) is 29.1 Å². The molecule has 1 N–H and O–H groups in total. The molecule has 14 heavy (non-hydrogen) atoms. The molecular formula is C11H10BrNO. The van der Waals surface area contributed by atoms with Crippen molar-refractivity contribution in [2.75, 3.05) is 5.32 Å². The van der Waals surface area contributed by atoms with E-state index in [4.69, 9.17) is 6.42 Å². The van der Waals surface area contributed by atoms with E-state index in [9.17, 15) is 4.79 Å². The van der Waals surface area contributed by atoms with E-state index in [1.807, 2.05) is 31.9 Å². The zero-order chi connectivity index (χ0) is 10.7. The molecular weight excluding hydrogens is 242 g/mol. The van der Waals surface area contributed by atoms with Gasteiger partial charge in [-0.1, -0.05) is 6.07 Å². The van der Waals surface area contributed by atoms with Crippen LogP contribution in [0.2, 0.25) is 0 Å². The Balaban J connectivity index is 3.10. The minimum atomic E-state index is -0.433. The zero-order valence-corrected chi connectivity index (χ0v) is 9.60. The lowest BCUT2D eigenvalue weighted by molar-refractivity contribution is -0.111. The van der Waals surface area contributed by atoms with Crippen molar-refractivity contribution in [1.29, 1.82) is 0 Å². The standard InChI is InChI=1S/C11H10BrNO/c1-4-10(14)13-11-8(3)5-7(2)6-9(11)12/h1,5-6H,2-3H3,(H,13,14). The largest absolute Gasteiger partial charge is 0.314 e. The molecule has 1 rings (SSSR count). The third kappa shape index (κ3) is 2.36. The molecule has 0 unspecified atom stereocenters. The molecule has 0 aliphatic carbocycles. The summed E-state index contributed by atoms with van der Waals surface area (Å²) in [5, 5.41) is 2.63. The van der Waals surface area contributed by atoms with Gasteiger partial charge in [0.15, 0.2) is 0 Å². The van der Waals surface area contributed by atoms with Gasteiger partial charge in [-0.3, -0.25) is 4.79 Å². The zero-order valence-electron chi connectivity index (χ0n) is 8.02. The van der Waals surface area contributed by atoms with Crippen molar-refractivity contribution >= 4 is 27.5 Å². The maximum atomic E-state index is 11.0. The summed E-state index contributed by atoms with van der Waals surface area (Å²) in [6.07, 6.45) is 4.97. The monoisotopic (exact) mass is 251 g/mol. The number of carbonyl (C=O) groups excluding carboxylic acids is 1. The summed E-state index contributed by atoms with van der Waals surface area (Å²) in [6, 6.07) is 3.91. The number of amides is 1. The van der Waals surface area contributed by atoms with E-state index in [1.165, 1.54) is 0 Å². The van der Waals surface area contributed by atoms with Crippen LogP contribution in [0, 0.1) is 26.2 Å². The average molecular weight is 252 g/mol. The minimum absolute atomic E-state index is 0.433. The molecule has 0 atom stereocenters. The van der Waals surface area contributed by atoms with Crippen LogP contribution >= 0.6 is 15.9 Å². The van der Waals surface area contributed by atoms with Crippen LogP contribution < -0.4 is 5.32 Å². The molecule has 0 heterocycles. The Morgan fingerprint density at radius 1 is 1.50 bits per heavy atom. The van der Waals surface area contributed by atoms with Crippen LogP contribution in [0.15, 0.2) is 16.6 Å². The van der Waals surface area contributed by atoms with Gasteiger partial charge in [0.2, 0.25) is 0 Å². The van der Waals surface area contributed by atoms with Gasteiger partial charge in [0.1, 0.15) is 0 Å². The number of hydrogen-bond donors (Lipinski definition) is 1. The molecule has 0 saturated carbocycles. The second-order valence-electron chi connectivity index (χ2n) is 3.04. The van der Waals surface area contributed by atoms with E-state index in [-0.39, 0.29) is 0 Å². The van der Waals surface area contributed by atoms with Gasteiger partial charge in [0.25, 0.3) is 5.91 Å². The van der Waals surface area contributed by atoms with E-state index in [0.29, 0.717) is 0 Å². The third-order valence-electron chi connectivity index (χ3n) is 1.80. The summed E-state index contributed by atoms with van der Waals surface area (Å²) in [6.45, 7) is 3.91. The molecule has 0 spiro atoms. The van der Waals surface area contributed by atoms with Crippen LogP contribution in [0.1, 0.15) is 11.1 Å². The van der Waals surface area contributed by atoms with Crippen molar-refractivity contribution in [2.45, 2.75) is 13.8 Å². The Kier molecular flexibility index (Phi) is 3.32. The number of rotatable bonds is 1. The van der Waals surface area contributed by atoms with E-state index in [1.54, 1.807) is 0 Å². The number of terminal acetylenes is 1. The summed E-state index contributed by atoms with van der Waals surface area (Å²) in [5.74, 6) is 1.58. The van der Waals surface area contributed by atoms with Gasteiger partial charge in [-0.05, 0) is 52.9 Å². The lowest BCUT2D eigenvalue weighted by Gasteiger charge is -2.09. The van der Waals surface area contributed by atoms with Gasteiger partial charge in [0, 0.05) is 4.47 Å². The van der Waals surface area contributed by atoms with Crippen molar-refractivity contribution < 1.29 is 4.79 Å². The molecule has 0 aliphatic heterocycles. The number of benzene rings is 1. The second kappa shape index (κ2) is 4.30. The Morgan fingerprint density at radius 2 is 2.14 bits per heavy atom. The van der Waals surface area contributed by atoms with Crippen LogP contribution in [-0.2, 0) is 4.79 Å². The Morgan fingerprint density at radius 3 is 2.64 bits per heavy atom. The Labute approximate surface area is 91.8 Å². The molecule has 2 nitrogen and oxygen atoms in total. The van der Waals surface area contributed by atoms with Crippen molar-refractivity contribution in [3.63, 3.8) is 0 Å². The highest BCUT2D eigenvalue weighted by Gasteiger charge is 2.06. The third-order valence-corrected chi connectivity index (χ3v) is 2.43. The molecule has 0 fully saturated rings. The van der Waals surface area contributed by atoms with Gasteiger partial charge in [-0.2, -0.15) is 0 Å². The first-order valence-corrected chi connectivity index (χ1v) is 4.88. The maximum Gasteiger partial charge on any atom is 0.300 e. The predicted octanol–water partition coefficient (Wildman–Crippen LogP) is 2.64. The lowest BCUT2D eigenvalue weighted by Crippen LogP contribution is -2.09. The second-order valence-corrected chi connectivity index (χ2v) is 3.89. The van der Waals surface area contributed by atoms with Crippen LogP contribution in [0.25, 0.3) is 0 Å². The van der Waals surface area contributed by atoms with Crippen LogP contribution in [0.3, 0.4) is 0 Å². The number of nitrogens with one attached hydrogen (secondary N) is 1. The van der Waals surface area contributed by atoms with Gasteiger partial charge in [-0.15, -0.1) is 6.42 Å². The summed E-state index contributed by atoms with van der Waals surface area (Å²) in [4.78, 5) is 11.0. The van der Waals surface area contributed by atoms with E-state index < -0.39 is 5.91 Å². The molecule has 0 aliphatic rings.